The van der Waals surface area contributed by atoms with Crippen LogP contribution in [0.4, 0.5) is 10.5 Å². The van der Waals surface area contributed by atoms with Crippen molar-refractivity contribution in [2.45, 2.75) is 103 Å². The zero-order valence-electron chi connectivity index (χ0n) is 36.1. The number of aromatic amines is 2. The number of hydrogen-bond donors (Lipinski definition) is 3. The average molecular weight is 834 g/mol. The molecule has 0 saturated carbocycles. The van der Waals surface area contributed by atoms with Crippen molar-refractivity contribution in [3.8, 4) is 0 Å². The van der Waals surface area contributed by atoms with E-state index in [1.54, 1.807) is 0 Å². The van der Waals surface area contributed by atoms with Gasteiger partial charge in [-0.25, -0.2) is 19.8 Å². The zero-order chi connectivity index (χ0) is 43.0. The van der Waals surface area contributed by atoms with Crippen LogP contribution in [-0.4, -0.2) is 93.4 Å². The lowest BCUT2D eigenvalue weighted by atomic mass is 9.97. The molecule has 0 aliphatic carbocycles. The largest absolute Gasteiger partial charge is 0.453 e. The lowest BCUT2D eigenvalue weighted by Crippen LogP contribution is -2.51. The maximum absolute atomic E-state index is 13.9. The minimum absolute atomic E-state index is 0.0294. The minimum atomic E-state index is -0.682. The van der Waals surface area contributed by atoms with Gasteiger partial charge in [0.15, 0.2) is 0 Å². The number of aliphatic imine (C=N–C) groups is 1. The quantitative estimate of drug-likeness (QED) is 0.0367. The van der Waals surface area contributed by atoms with Gasteiger partial charge in [0.05, 0.1) is 48.4 Å². The number of rotatable bonds is 17. The summed E-state index contributed by atoms with van der Waals surface area (Å²) in [5.41, 5.74) is 6.79. The van der Waals surface area contributed by atoms with Gasteiger partial charge in [-0.05, 0) is 85.0 Å². The van der Waals surface area contributed by atoms with Gasteiger partial charge in [-0.3, -0.25) is 9.59 Å². The highest BCUT2D eigenvalue weighted by Gasteiger charge is 2.39. The third kappa shape index (κ3) is 9.67. The molecule has 0 bridgehead atoms. The fraction of sp³-hybridized carbons (Fsp3) is 0.478. The van der Waals surface area contributed by atoms with E-state index >= 15 is 0 Å². The third-order valence-electron chi connectivity index (χ3n) is 12.4. The van der Waals surface area contributed by atoms with E-state index in [-0.39, 0.29) is 35.7 Å². The number of amides is 3. The predicted octanol–water partition coefficient (Wildman–Crippen LogP) is 7.76. The standard InChI is InChI=1S/C46H59N9O6/c1-7-29(3)40(47-28-61-60-6)44(56)54-22-12-16-38(54)42-48-34-20-18-31(24-36(34)50-42)26-53(33-14-10-9-11-15-33)27-32-19-21-35-37(25-32)51-43(49-35)39-17-13-23-55(39)45(57)41(30(4)8-2)52-46(58)59-5/h9-11,14-15,18-21,24-25,28-30,38-41H,7-8,12-13,16-17,22-23,26-27H2,1-6H3,(H,48,50)(H,49,51)(H,52,58)/b47-28+/t29-,30-,38-,39-,40-,41-/m0/s1. The molecule has 15 heteroatoms. The first kappa shape index (κ1) is 43.1. The average Bonchev–Trinajstić information content (AvgIpc) is 4.12. The summed E-state index contributed by atoms with van der Waals surface area (Å²) >= 11 is 0. The molecule has 2 aliphatic rings. The molecule has 3 aromatic carbocycles. The normalized spacial score (nSPS) is 18.7. The number of fused-ring (bicyclic) bond motifs is 2. The molecule has 2 aromatic heterocycles. The van der Waals surface area contributed by atoms with Crippen LogP contribution in [0.25, 0.3) is 22.1 Å². The van der Waals surface area contributed by atoms with Crippen LogP contribution in [0, 0.1) is 11.8 Å². The number of hydrogen-bond acceptors (Lipinski definition) is 10. The van der Waals surface area contributed by atoms with Crippen LogP contribution in [0.15, 0.2) is 71.7 Å². The number of nitrogens with one attached hydrogen (secondary N) is 3. The Hall–Kier alpha value is -5.96. The molecule has 2 aliphatic heterocycles. The number of para-hydroxylation sites is 1. The highest BCUT2D eigenvalue weighted by Crippen LogP contribution is 2.35. The number of ether oxygens (including phenoxy) is 1. The molecule has 2 fully saturated rings. The van der Waals surface area contributed by atoms with Crippen LogP contribution in [-0.2, 0) is 37.2 Å². The third-order valence-corrected chi connectivity index (χ3v) is 12.4. The smallest absolute Gasteiger partial charge is 0.407 e. The monoisotopic (exact) mass is 833 g/mol. The van der Waals surface area contributed by atoms with Crippen LogP contribution >= 0.6 is 0 Å². The van der Waals surface area contributed by atoms with Gasteiger partial charge >= 0.3 is 6.09 Å². The Morgan fingerprint density at radius 3 is 1.90 bits per heavy atom. The Kier molecular flexibility index (Phi) is 13.9. The summed E-state index contributed by atoms with van der Waals surface area (Å²) < 4.78 is 4.84. The van der Waals surface area contributed by atoms with E-state index in [0.717, 1.165) is 89.1 Å². The molecule has 0 unspecified atom stereocenters. The van der Waals surface area contributed by atoms with Gasteiger partial charge in [-0.15, -0.1) is 0 Å². The number of carbonyl (C=O) groups is 3. The number of alkyl carbamates (subject to hydrolysis) is 1. The van der Waals surface area contributed by atoms with Gasteiger partial charge in [0.25, 0.3) is 0 Å². The first-order valence-corrected chi connectivity index (χ1v) is 21.6. The van der Waals surface area contributed by atoms with Gasteiger partial charge in [0.1, 0.15) is 23.7 Å². The fourth-order valence-corrected chi connectivity index (χ4v) is 8.63. The van der Waals surface area contributed by atoms with Crippen LogP contribution < -0.4 is 10.2 Å². The molecule has 4 heterocycles. The van der Waals surface area contributed by atoms with E-state index in [4.69, 9.17) is 19.6 Å². The second kappa shape index (κ2) is 19.6. The van der Waals surface area contributed by atoms with Crippen molar-refractivity contribution >= 4 is 52.1 Å². The summed E-state index contributed by atoms with van der Waals surface area (Å²) in [6, 6.07) is 21.3. The number of likely N-dealkylation sites (tertiary alicyclic amines) is 2. The van der Waals surface area contributed by atoms with Crippen molar-refractivity contribution in [2.24, 2.45) is 16.8 Å². The molecule has 5 aromatic rings. The van der Waals surface area contributed by atoms with Crippen molar-refractivity contribution in [1.29, 1.82) is 0 Å². The van der Waals surface area contributed by atoms with Crippen molar-refractivity contribution in [3.63, 3.8) is 0 Å². The zero-order valence-corrected chi connectivity index (χ0v) is 36.1. The maximum atomic E-state index is 13.9. The molecule has 324 valence electrons. The molecule has 0 radical (unpaired) electrons. The van der Waals surface area contributed by atoms with Crippen LogP contribution in [0.1, 0.15) is 101 Å². The Labute approximate surface area is 357 Å². The van der Waals surface area contributed by atoms with Gasteiger partial charge in [0.2, 0.25) is 18.2 Å². The van der Waals surface area contributed by atoms with E-state index in [0.29, 0.717) is 26.2 Å². The van der Waals surface area contributed by atoms with Crippen molar-refractivity contribution < 1.29 is 28.9 Å². The topological polar surface area (TPSA) is 170 Å². The molecule has 3 amide bonds. The lowest BCUT2D eigenvalue weighted by Gasteiger charge is -2.30. The lowest BCUT2D eigenvalue weighted by molar-refractivity contribution is -0.188. The van der Waals surface area contributed by atoms with E-state index in [1.807, 2.05) is 48.8 Å². The Morgan fingerprint density at radius 1 is 0.820 bits per heavy atom. The second-order valence-electron chi connectivity index (χ2n) is 16.4. The highest BCUT2D eigenvalue weighted by molar-refractivity contribution is 5.87. The molecule has 7 rings (SSSR count). The molecule has 3 N–H and O–H groups in total. The van der Waals surface area contributed by atoms with Crippen LogP contribution in [0.2, 0.25) is 0 Å². The van der Waals surface area contributed by atoms with Crippen molar-refractivity contribution in [2.75, 3.05) is 32.2 Å². The predicted molar refractivity (Wildman–Crippen MR) is 235 cm³/mol. The summed E-state index contributed by atoms with van der Waals surface area (Å²) in [4.78, 5) is 77.2. The maximum Gasteiger partial charge on any atom is 0.407 e. The SMILES string of the molecule is CC[C@H](C)[C@H](/N=C/OOC)C(=O)N1CCC[C@H]1c1nc2cc(CN(Cc3ccc4[nH]c([C@@H]5CCCN5C(=O)[C@@H](NC(=O)OC)[C@@H](C)CC)nc4c3)c3ccccc3)ccc2[nH]1. The number of H-pyrrole nitrogens is 2. The molecular formula is C46H59N9O6. The number of imidazole rings is 2. The summed E-state index contributed by atoms with van der Waals surface area (Å²) in [6.45, 7) is 10.6. The number of benzene rings is 3. The van der Waals surface area contributed by atoms with E-state index in [1.165, 1.54) is 20.6 Å². The molecule has 61 heavy (non-hydrogen) atoms. The molecule has 0 spiro atoms. The Bertz CT molecular complexity index is 2310. The number of nitrogens with zero attached hydrogens (tertiary/aromatic N) is 6. The van der Waals surface area contributed by atoms with Crippen molar-refractivity contribution in [1.82, 2.24) is 35.1 Å². The van der Waals surface area contributed by atoms with Gasteiger partial charge < -0.3 is 39.6 Å². The number of anilines is 1. The van der Waals surface area contributed by atoms with E-state index < -0.39 is 18.2 Å². The van der Waals surface area contributed by atoms with Crippen LogP contribution in [0.5, 0.6) is 0 Å². The van der Waals surface area contributed by atoms with Crippen molar-refractivity contribution in [3.05, 3.63) is 89.5 Å². The number of carbonyl (C=O) groups excluding carboxylic acids is 3. The number of methoxy groups -OCH3 is 1. The Balaban J connectivity index is 1.09. The van der Waals surface area contributed by atoms with Gasteiger partial charge in [-0.1, -0.05) is 70.9 Å². The first-order chi connectivity index (χ1) is 29.6. The molecular weight excluding hydrogens is 775 g/mol. The summed E-state index contributed by atoms with van der Waals surface area (Å²) in [5, 5.41) is 2.77. The van der Waals surface area contributed by atoms with E-state index in [2.05, 4.69) is 85.5 Å². The van der Waals surface area contributed by atoms with Gasteiger partial charge in [0, 0.05) is 31.9 Å². The molecule has 2 saturated heterocycles. The minimum Gasteiger partial charge on any atom is -0.453 e. The van der Waals surface area contributed by atoms with E-state index in [9.17, 15) is 14.4 Å². The highest BCUT2D eigenvalue weighted by atomic mass is 17.2. The second-order valence-corrected chi connectivity index (χ2v) is 16.4. The summed E-state index contributed by atoms with van der Waals surface area (Å²) in [7, 11) is 2.71. The summed E-state index contributed by atoms with van der Waals surface area (Å²) in [5.74, 6) is 1.34. The summed E-state index contributed by atoms with van der Waals surface area (Å²) in [6.07, 6.45) is 5.46. The van der Waals surface area contributed by atoms with Gasteiger partial charge in [-0.2, -0.15) is 4.89 Å². The first-order valence-electron chi connectivity index (χ1n) is 21.6. The molecule has 6 atom stereocenters. The number of aromatic nitrogens is 4. The fourth-order valence-electron chi connectivity index (χ4n) is 8.63. The molecule has 15 nitrogen and oxygen atoms in total. The van der Waals surface area contributed by atoms with Crippen LogP contribution in [0.3, 0.4) is 0 Å². The Morgan fingerprint density at radius 2 is 1.38 bits per heavy atom.